The van der Waals surface area contributed by atoms with Crippen LogP contribution in [-0.2, 0) is 5.54 Å². The predicted molar refractivity (Wildman–Crippen MR) is 78.2 cm³/mol. The summed E-state index contributed by atoms with van der Waals surface area (Å²) < 4.78 is 26.3. The largest absolute Gasteiger partial charge is 0.318 e. The monoisotopic (exact) mass is 275 g/mol. The molecule has 3 heteroatoms. The molecule has 1 aromatic rings. The summed E-state index contributed by atoms with van der Waals surface area (Å²) in [5.41, 5.74) is 7.67. The minimum atomic E-state index is -0.675. The zero-order valence-corrected chi connectivity index (χ0v) is 11.6. The van der Waals surface area contributed by atoms with Gasteiger partial charge in [0.2, 0.25) is 0 Å². The average Bonchev–Trinajstić information content (AvgIpc) is 2.42. The molecule has 1 aliphatic rings. The molecule has 20 heavy (non-hydrogen) atoms. The molecular formula is C17H19F2N. The molecule has 0 saturated carbocycles. The summed E-state index contributed by atoms with van der Waals surface area (Å²) in [6, 6.07) is 6.25. The Kier molecular flexibility index (Phi) is 4.50. The molecule has 0 spiro atoms. The second kappa shape index (κ2) is 6.14. The van der Waals surface area contributed by atoms with Crippen molar-refractivity contribution in [2.45, 2.75) is 31.7 Å². The van der Waals surface area contributed by atoms with E-state index >= 15 is 0 Å². The lowest BCUT2D eigenvalue weighted by molar-refractivity contribution is 0.513. The first-order valence-corrected chi connectivity index (χ1v) is 6.83. The first-order valence-electron chi connectivity index (χ1n) is 6.83. The van der Waals surface area contributed by atoms with Crippen LogP contribution in [0.3, 0.4) is 0 Å². The second-order valence-corrected chi connectivity index (χ2v) is 4.98. The minimum absolute atomic E-state index is 0.127. The Morgan fingerprint density at radius 2 is 1.85 bits per heavy atom. The predicted octanol–water partition coefficient (Wildman–Crippen LogP) is 4.52. The van der Waals surface area contributed by atoms with Gasteiger partial charge in [-0.2, -0.15) is 0 Å². The molecule has 0 heterocycles. The standard InChI is InChI=1S/C17H19F2N/c1-2-17(20,14-9-11-16(19)12-10-14)13-5-3-7-15(18)8-4-6-13/h3,5-6,8-12H,2,4,7,20H2,1H3/b5-3-,13-6?,15-8+. The van der Waals surface area contributed by atoms with Crippen LogP contribution in [0.4, 0.5) is 8.78 Å². The molecule has 1 aliphatic carbocycles. The van der Waals surface area contributed by atoms with Gasteiger partial charge < -0.3 is 5.73 Å². The molecule has 0 bridgehead atoms. The number of benzene rings is 1. The topological polar surface area (TPSA) is 26.0 Å². The van der Waals surface area contributed by atoms with Gasteiger partial charge in [0, 0.05) is 6.42 Å². The van der Waals surface area contributed by atoms with E-state index in [0.717, 1.165) is 11.1 Å². The van der Waals surface area contributed by atoms with Crippen LogP contribution in [0.5, 0.6) is 0 Å². The normalized spacial score (nSPS) is 22.8. The maximum atomic E-state index is 13.2. The zero-order valence-electron chi connectivity index (χ0n) is 11.6. The van der Waals surface area contributed by atoms with Crippen LogP contribution < -0.4 is 5.73 Å². The smallest absolute Gasteiger partial charge is 0.123 e. The lowest BCUT2D eigenvalue weighted by atomic mass is 9.80. The van der Waals surface area contributed by atoms with Gasteiger partial charge in [0.25, 0.3) is 0 Å². The summed E-state index contributed by atoms with van der Waals surface area (Å²) in [7, 11) is 0. The Morgan fingerprint density at radius 3 is 2.50 bits per heavy atom. The van der Waals surface area contributed by atoms with Gasteiger partial charge in [-0.1, -0.05) is 37.3 Å². The summed E-state index contributed by atoms with van der Waals surface area (Å²) >= 11 is 0. The van der Waals surface area contributed by atoms with Crippen LogP contribution >= 0.6 is 0 Å². The van der Waals surface area contributed by atoms with Crippen molar-refractivity contribution in [1.29, 1.82) is 0 Å². The Bertz CT molecular complexity index is 555. The molecule has 1 aromatic carbocycles. The van der Waals surface area contributed by atoms with E-state index in [1.165, 1.54) is 12.1 Å². The third kappa shape index (κ3) is 3.05. The van der Waals surface area contributed by atoms with Crippen molar-refractivity contribution in [3.8, 4) is 0 Å². The Balaban J connectivity index is 2.39. The molecule has 1 nitrogen and oxygen atoms in total. The molecule has 0 fully saturated rings. The molecule has 0 aliphatic heterocycles. The lowest BCUT2D eigenvalue weighted by Gasteiger charge is -2.31. The van der Waals surface area contributed by atoms with Crippen molar-refractivity contribution in [1.82, 2.24) is 0 Å². The van der Waals surface area contributed by atoms with Crippen LogP contribution in [-0.4, -0.2) is 0 Å². The fourth-order valence-corrected chi connectivity index (χ4v) is 2.42. The highest BCUT2D eigenvalue weighted by molar-refractivity contribution is 5.41. The molecule has 0 amide bonds. The van der Waals surface area contributed by atoms with Gasteiger partial charge >= 0.3 is 0 Å². The third-order valence-corrected chi connectivity index (χ3v) is 3.72. The quantitative estimate of drug-likeness (QED) is 0.862. The Hall–Kier alpha value is -1.74. The van der Waals surface area contributed by atoms with Gasteiger partial charge in [0.15, 0.2) is 0 Å². The van der Waals surface area contributed by atoms with Crippen molar-refractivity contribution in [3.05, 3.63) is 71.4 Å². The highest BCUT2D eigenvalue weighted by Crippen LogP contribution is 2.32. The summed E-state index contributed by atoms with van der Waals surface area (Å²) in [6.45, 7) is 1.99. The summed E-state index contributed by atoms with van der Waals surface area (Å²) in [4.78, 5) is 0. The summed E-state index contributed by atoms with van der Waals surface area (Å²) in [5.74, 6) is -0.406. The van der Waals surface area contributed by atoms with E-state index in [2.05, 4.69) is 0 Å². The maximum absolute atomic E-state index is 13.2. The first kappa shape index (κ1) is 14.7. The number of hydrogen-bond donors (Lipinski definition) is 1. The zero-order chi connectivity index (χ0) is 14.6. The van der Waals surface area contributed by atoms with Crippen LogP contribution in [0.1, 0.15) is 31.7 Å². The van der Waals surface area contributed by atoms with Gasteiger partial charge in [-0.05, 0) is 42.2 Å². The number of halogens is 2. The van der Waals surface area contributed by atoms with Gasteiger partial charge in [0.1, 0.15) is 11.6 Å². The fourth-order valence-electron chi connectivity index (χ4n) is 2.42. The Morgan fingerprint density at radius 1 is 1.15 bits per heavy atom. The molecule has 1 atom stereocenters. The third-order valence-electron chi connectivity index (χ3n) is 3.72. The van der Waals surface area contributed by atoms with Crippen molar-refractivity contribution in [2.24, 2.45) is 5.73 Å². The van der Waals surface area contributed by atoms with E-state index in [-0.39, 0.29) is 11.6 Å². The van der Waals surface area contributed by atoms with E-state index in [4.69, 9.17) is 5.73 Å². The number of rotatable bonds is 3. The number of nitrogens with two attached hydrogens (primary N) is 1. The van der Waals surface area contributed by atoms with Crippen LogP contribution in [0.2, 0.25) is 0 Å². The van der Waals surface area contributed by atoms with E-state index in [0.29, 0.717) is 19.3 Å². The molecule has 1 unspecified atom stereocenters. The molecular weight excluding hydrogens is 256 g/mol. The number of hydrogen-bond acceptors (Lipinski definition) is 1. The Labute approximate surface area is 118 Å². The highest BCUT2D eigenvalue weighted by atomic mass is 19.1. The molecule has 0 aromatic heterocycles. The van der Waals surface area contributed by atoms with Crippen molar-refractivity contribution in [2.75, 3.05) is 0 Å². The molecule has 0 radical (unpaired) electrons. The molecule has 2 N–H and O–H groups in total. The first-order chi connectivity index (χ1) is 9.56. The summed E-state index contributed by atoms with van der Waals surface area (Å²) in [5, 5.41) is 0. The highest BCUT2D eigenvalue weighted by Gasteiger charge is 2.28. The van der Waals surface area contributed by atoms with Crippen molar-refractivity contribution < 1.29 is 8.78 Å². The SMILES string of the molecule is CCC(N)(C1=CC/C=C(/F)C/C=C\1)c1ccc(F)cc1. The molecule has 106 valence electrons. The van der Waals surface area contributed by atoms with Crippen LogP contribution in [0, 0.1) is 5.82 Å². The van der Waals surface area contributed by atoms with Gasteiger partial charge in [-0.15, -0.1) is 0 Å². The van der Waals surface area contributed by atoms with Crippen LogP contribution in [0.15, 0.2) is 60.0 Å². The molecule has 2 rings (SSSR count). The maximum Gasteiger partial charge on any atom is 0.123 e. The fraction of sp³-hybridized carbons (Fsp3) is 0.294. The molecule has 0 saturated heterocycles. The van der Waals surface area contributed by atoms with E-state index in [1.807, 2.05) is 19.1 Å². The summed E-state index contributed by atoms with van der Waals surface area (Å²) in [6.07, 6.45) is 8.64. The average molecular weight is 275 g/mol. The van der Waals surface area contributed by atoms with Gasteiger partial charge in [-0.3, -0.25) is 0 Å². The van der Waals surface area contributed by atoms with Crippen molar-refractivity contribution >= 4 is 0 Å². The van der Waals surface area contributed by atoms with Crippen LogP contribution in [0.25, 0.3) is 0 Å². The van der Waals surface area contributed by atoms with Gasteiger partial charge in [0.05, 0.1) is 5.54 Å². The van der Waals surface area contributed by atoms with E-state index in [1.54, 1.807) is 24.3 Å². The number of allylic oxidation sites excluding steroid dienone is 4. The minimum Gasteiger partial charge on any atom is -0.318 e. The second-order valence-electron chi connectivity index (χ2n) is 4.98. The van der Waals surface area contributed by atoms with E-state index in [9.17, 15) is 8.78 Å². The van der Waals surface area contributed by atoms with Gasteiger partial charge in [-0.25, -0.2) is 8.78 Å². The lowest BCUT2D eigenvalue weighted by Crippen LogP contribution is -2.37. The van der Waals surface area contributed by atoms with E-state index < -0.39 is 5.54 Å². The van der Waals surface area contributed by atoms with Crippen molar-refractivity contribution in [3.63, 3.8) is 0 Å².